The minimum atomic E-state index is -3.43. The molecule has 0 unspecified atom stereocenters. The minimum absolute atomic E-state index is 0.0637. The van der Waals surface area contributed by atoms with Crippen molar-refractivity contribution < 1.29 is 22.3 Å². The van der Waals surface area contributed by atoms with E-state index in [1.165, 1.54) is 23.1 Å². The van der Waals surface area contributed by atoms with Crippen molar-refractivity contribution in [1.29, 1.82) is 0 Å². The molecule has 2 aromatic carbocycles. The average molecular weight is 444 g/mol. The zero-order valence-electron chi connectivity index (χ0n) is 16.6. The first-order valence-corrected chi connectivity index (χ1v) is 11.6. The number of nitrogens with one attached hydrogen (secondary N) is 1. The van der Waals surface area contributed by atoms with Gasteiger partial charge in [-0.3, -0.25) is 0 Å². The molecule has 0 saturated carbocycles. The molecule has 0 aliphatic carbocycles. The maximum absolute atomic E-state index is 13.3. The van der Waals surface area contributed by atoms with Crippen LogP contribution in [0.25, 0.3) is 11.0 Å². The van der Waals surface area contributed by atoms with Gasteiger partial charge in [0.25, 0.3) is 0 Å². The van der Waals surface area contributed by atoms with E-state index in [-0.39, 0.29) is 32.0 Å². The van der Waals surface area contributed by atoms with Crippen LogP contribution >= 0.6 is 0 Å². The molecule has 8 nitrogen and oxygen atoms in total. The third-order valence-electron chi connectivity index (χ3n) is 5.80. The highest BCUT2D eigenvalue weighted by Gasteiger charge is 2.54. The van der Waals surface area contributed by atoms with E-state index >= 15 is 0 Å². The Morgan fingerprint density at radius 3 is 2.81 bits per heavy atom. The number of carbonyl (C=O) groups is 1. The molecule has 2 saturated heterocycles. The second kappa shape index (κ2) is 7.31. The van der Waals surface area contributed by atoms with Gasteiger partial charge in [-0.2, -0.15) is 0 Å². The molecule has 1 N–H and O–H groups in total. The van der Waals surface area contributed by atoms with Crippen LogP contribution in [0.2, 0.25) is 0 Å². The van der Waals surface area contributed by atoms with E-state index < -0.39 is 32.5 Å². The third-order valence-corrected chi connectivity index (χ3v) is 8.03. The molecule has 162 valence electrons. The molecule has 0 bridgehead atoms. The number of imidazole rings is 1. The lowest BCUT2D eigenvalue weighted by molar-refractivity contribution is -0.117. The van der Waals surface area contributed by atoms with Crippen molar-refractivity contribution >= 4 is 32.6 Å². The molecule has 5 rings (SSSR count). The fourth-order valence-corrected chi connectivity index (χ4v) is 6.08. The minimum Gasteiger partial charge on any atom is -0.369 e. The number of rotatable bonds is 3. The first-order chi connectivity index (χ1) is 14.8. The maximum atomic E-state index is 13.3. The van der Waals surface area contributed by atoms with Gasteiger partial charge in [0.05, 0.1) is 42.8 Å². The summed E-state index contributed by atoms with van der Waals surface area (Å²) < 4.78 is 47.1. The van der Waals surface area contributed by atoms with Crippen molar-refractivity contribution in [1.82, 2.24) is 14.5 Å². The van der Waals surface area contributed by atoms with Gasteiger partial charge in [-0.25, -0.2) is 22.6 Å². The van der Waals surface area contributed by atoms with Gasteiger partial charge in [0.15, 0.2) is 9.84 Å². The summed E-state index contributed by atoms with van der Waals surface area (Å²) in [7, 11) is -3.43. The Kier molecular flexibility index (Phi) is 4.71. The molecule has 3 aromatic rings. The summed E-state index contributed by atoms with van der Waals surface area (Å²) in [5.41, 5.74) is 1.15. The summed E-state index contributed by atoms with van der Waals surface area (Å²) in [4.78, 5) is 18.1. The number of anilines is 1. The number of urea groups is 1. The molecule has 2 aliphatic rings. The lowest BCUT2D eigenvalue weighted by atomic mass is 9.96. The standard InChI is InChI=1S/C21H21FN4O4S/c22-15-4-3-5-16(8-15)24-20(27)26-11-21(12-26)13-31(28,29)17(10-30-21)9-25-14-23-18-6-1-2-7-19(18)25/h1-8,14,17H,9-13H2,(H,24,27)/t17-/m0/s1. The Hall–Kier alpha value is -2.98. The second-order valence-electron chi connectivity index (χ2n) is 8.11. The summed E-state index contributed by atoms with van der Waals surface area (Å²) in [6.07, 6.45) is 1.65. The summed E-state index contributed by atoms with van der Waals surface area (Å²) in [6.45, 7) is 0.680. The van der Waals surface area contributed by atoms with E-state index in [0.29, 0.717) is 5.69 Å². The van der Waals surface area contributed by atoms with Crippen molar-refractivity contribution in [2.75, 3.05) is 30.8 Å². The molecule has 1 aromatic heterocycles. The van der Waals surface area contributed by atoms with Crippen LogP contribution in [0.3, 0.4) is 0 Å². The smallest absolute Gasteiger partial charge is 0.322 e. The van der Waals surface area contributed by atoms with E-state index in [2.05, 4.69) is 10.3 Å². The number of ether oxygens (including phenoxy) is 1. The van der Waals surface area contributed by atoms with Crippen molar-refractivity contribution in [3.8, 4) is 0 Å². The summed E-state index contributed by atoms with van der Waals surface area (Å²) in [5.74, 6) is -0.586. The fraction of sp³-hybridized carbons (Fsp3) is 0.333. The Morgan fingerprint density at radius 1 is 1.23 bits per heavy atom. The molecule has 1 atom stereocenters. The van der Waals surface area contributed by atoms with E-state index in [9.17, 15) is 17.6 Å². The van der Waals surface area contributed by atoms with Crippen LogP contribution in [0, 0.1) is 5.82 Å². The van der Waals surface area contributed by atoms with Gasteiger partial charge in [0.2, 0.25) is 0 Å². The molecule has 0 radical (unpaired) electrons. The first-order valence-electron chi connectivity index (χ1n) is 9.91. The van der Waals surface area contributed by atoms with Crippen LogP contribution in [0.5, 0.6) is 0 Å². The van der Waals surface area contributed by atoms with E-state index in [1.807, 2.05) is 28.8 Å². The molecule has 2 amide bonds. The highest BCUT2D eigenvalue weighted by Crippen LogP contribution is 2.33. The van der Waals surface area contributed by atoms with Crippen molar-refractivity contribution in [3.63, 3.8) is 0 Å². The molecular weight excluding hydrogens is 423 g/mol. The average Bonchev–Trinajstić information content (AvgIpc) is 3.10. The summed E-state index contributed by atoms with van der Waals surface area (Å²) >= 11 is 0. The molecule has 2 aliphatic heterocycles. The monoisotopic (exact) mass is 444 g/mol. The van der Waals surface area contributed by atoms with Crippen molar-refractivity contribution in [3.05, 3.63) is 60.7 Å². The van der Waals surface area contributed by atoms with Gasteiger partial charge in [-0.15, -0.1) is 0 Å². The maximum Gasteiger partial charge on any atom is 0.322 e. The van der Waals surface area contributed by atoms with Crippen LogP contribution in [0.4, 0.5) is 14.9 Å². The van der Waals surface area contributed by atoms with Crippen LogP contribution in [0.15, 0.2) is 54.9 Å². The van der Waals surface area contributed by atoms with Gasteiger partial charge in [0.1, 0.15) is 16.7 Å². The predicted octanol–water partition coefficient (Wildman–Crippen LogP) is 2.28. The zero-order valence-corrected chi connectivity index (χ0v) is 17.4. The normalized spacial score (nSPS) is 21.7. The largest absolute Gasteiger partial charge is 0.369 e. The van der Waals surface area contributed by atoms with E-state index in [1.54, 1.807) is 12.4 Å². The molecular formula is C21H21FN4O4S. The second-order valence-corrected chi connectivity index (χ2v) is 10.4. The number of sulfone groups is 1. The Morgan fingerprint density at radius 2 is 2.03 bits per heavy atom. The highest BCUT2D eigenvalue weighted by molar-refractivity contribution is 7.92. The number of aromatic nitrogens is 2. The van der Waals surface area contributed by atoms with Gasteiger partial charge < -0.3 is 19.5 Å². The number of carbonyl (C=O) groups excluding carboxylic acids is 1. The van der Waals surface area contributed by atoms with Gasteiger partial charge in [0, 0.05) is 12.2 Å². The van der Waals surface area contributed by atoms with Gasteiger partial charge >= 0.3 is 6.03 Å². The molecule has 31 heavy (non-hydrogen) atoms. The van der Waals surface area contributed by atoms with E-state index in [4.69, 9.17) is 4.74 Å². The Labute approximate surface area is 178 Å². The van der Waals surface area contributed by atoms with Crippen LogP contribution in [-0.2, 0) is 21.1 Å². The lowest BCUT2D eigenvalue weighted by Crippen LogP contribution is -2.71. The fourth-order valence-electron chi connectivity index (χ4n) is 4.19. The third kappa shape index (κ3) is 3.77. The van der Waals surface area contributed by atoms with Crippen LogP contribution < -0.4 is 5.32 Å². The number of benzene rings is 2. The summed E-state index contributed by atoms with van der Waals surface area (Å²) in [5, 5.41) is 1.94. The predicted molar refractivity (Wildman–Crippen MR) is 113 cm³/mol. The van der Waals surface area contributed by atoms with Gasteiger partial charge in [-0.1, -0.05) is 18.2 Å². The molecule has 1 spiro atoms. The molecule has 10 heteroatoms. The summed E-state index contributed by atoms with van der Waals surface area (Å²) in [6, 6.07) is 12.7. The zero-order chi connectivity index (χ0) is 21.6. The lowest BCUT2D eigenvalue weighted by Gasteiger charge is -2.51. The van der Waals surface area contributed by atoms with Gasteiger partial charge in [-0.05, 0) is 30.3 Å². The number of fused-ring (bicyclic) bond motifs is 1. The van der Waals surface area contributed by atoms with Crippen molar-refractivity contribution in [2.45, 2.75) is 17.4 Å². The number of para-hydroxylation sites is 2. The first kappa shape index (κ1) is 20.0. The topological polar surface area (TPSA) is 93.5 Å². The quantitative estimate of drug-likeness (QED) is 0.669. The number of hydrogen-bond donors (Lipinski definition) is 1. The Bertz CT molecular complexity index is 1250. The SMILES string of the molecule is O=C(Nc1cccc(F)c1)N1CC2(C1)CS(=O)(=O)[C@@H](Cn1cnc3ccccc31)CO2. The highest BCUT2D eigenvalue weighted by atomic mass is 32.2. The number of nitrogens with zero attached hydrogens (tertiary/aromatic N) is 3. The number of amides is 2. The van der Waals surface area contributed by atoms with Crippen LogP contribution in [-0.4, -0.2) is 65.2 Å². The van der Waals surface area contributed by atoms with Crippen molar-refractivity contribution in [2.24, 2.45) is 0 Å². The number of hydrogen-bond acceptors (Lipinski definition) is 5. The number of likely N-dealkylation sites (tertiary alicyclic amines) is 1. The Balaban J connectivity index is 1.22. The van der Waals surface area contributed by atoms with Crippen LogP contribution in [0.1, 0.15) is 0 Å². The molecule has 3 heterocycles. The molecule has 2 fully saturated rings. The number of halogens is 1. The van der Waals surface area contributed by atoms with E-state index in [0.717, 1.165) is 11.0 Å².